The van der Waals surface area contributed by atoms with Gasteiger partial charge in [-0.25, -0.2) is 4.39 Å². The van der Waals surface area contributed by atoms with Crippen LogP contribution in [0.2, 0.25) is 0 Å². The highest BCUT2D eigenvalue weighted by Gasteiger charge is 2.09. The quantitative estimate of drug-likeness (QED) is 0.751. The molecular formula is C15H14Br2FNO. The first kappa shape index (κ1) is 15.3. The third kappa shape index (κ3) is 3.52. The summed E-state index contributed by atoms with van der Waals surface area (Å²) in [5.41, 5.74) is 2.82. The molecule has 2 rings (SSSR count). The summed E-state index contributed by atoms with van der Waals surface area (Å²) in [5, 5.41) is 3.30. The van der Waals surface area contributed by atoms with Crippen LogP contribution in [0.4, 0.5) is 10.1 Å². The second-order valence-electron chi connectivity index (χ2n) is 4.39. The molecule has 0 aliphatic rings. The van der Waals surface area contributed by atoms with Crippen molar-refractivity contribution < 1.29 is 9.13 Å². The van der Waals surface area contributed by atoms with Crippen molar-refractivity contribution in [3.63, 3.8) is 0 Å². The molecule has 0 saturated carbocycles. The zero-order valence-corrected chi connectivity index (χ0v) is 14.3. The van der Waals surface area contributed by atoms with Gasteiger partial charge in [0.15, 0.2) is 0 Å². The van der Waals surface area contributed by atoms with Crippen LogP contribution in [0.3, 0.4) is 0 Å². The molecule has 2 nitrogen and oxygen atoms in total. The molecule has 20 heavy (non-hydrogen) atoms. The third-order valence-electron chi connectivity index (χ3n) is 2.95. The maximum Gasteiger partial charge on any atom is 0.143 e. The van der Waals surface area contributed by atoms with Crippen molar-refractivity contribution in [2.75, 3.05) is 12.4 Å². The second-order valence-corrected chi connectivity index (χ2v) is 6.16. The Labute approximate surface area is 134 Å². The first-order valence-electron chi connectivity index (χ1n) is 6.03. The first-order valence-corrected chi connectivity index (χ1v) is 7.62. The molecule has 0 amide bonds. The molecule has 0 fully saturated rings. The van der Waals surface area contributed by atoms with Crippen molar-refractivity contribution >= 4 is 37.5 Å². The normalized spacial score (nSPS) is 10.4. The Bertz CT molecular complexity index is 632. The molecule has 0 aromatic heterocycles. The van der Waals surface area contributed by atoms with Crippen molar-refractivity contribution in [1.29, 1.82) is 0 Å². The Balaban J connectivity index is 2.25. The highest BCUT2D eigenvalue weighted by Crippen LogP contribution is 2.32. The molecule has 2 aromatic rings. The standard InChI is InChI=1S/C15H14Br2FNO/c1-9-5-11(16)7-14(20-2)15(9)19-8-10-6-12(18)3-4-13(10)17/h3-7,19H,8H2,1-2H3. The first-order chi connectivity index (χ1) is 9.51. The van der Waals surface area contributed by atoms with E-state index in [1.165, 1.54) is 12.1 Å². The smallest absolute Gasteiger partial charge is 0.143 e. The van der Waals surface area contributed by atoms with E-state index < -0.39 is 0 Å². The lowest BCUT2D eigenvalue weighted by molar-refractivity contribution is 0.416. The molecule has 2 aromatic carbocycles. The summed E-state index contributed by atoms with van der Waals surface area (Å²) in [6.07, 6.45) is 0. The highest BCUT2D eigenvalue weighted by atomic mass is 79.9. The minimum atomic E-state index is -0.246. The van der Waals surface area contributed by atoms with E-state index in [0.29, 0.717) is 6.54 Å². The number of ether oxygens (including phenoxy) is 1. The third-order valence-corrected chi connectivity index (χ3v) is 4.18. The van der Waals surface area contributed by atoms with Crippen LogP contribution in [-0.4, -0.2) is 7.11 Å². The van der Waals surface area contributed by atoms with Gasteiger partial charge in [-0.3, -0.25) is 0 Å². The van der Waals surface area contributed by atoms with Crippen molar-refractivity contribution in [3.8, 4) is 5.75 Å². The molecule has 106 valence electrons. The van der Waals surface area contributed by atoms with Gasteiger partial charge in [0.1, 0.15) is 11.6 Å². The average Bonchev–Trinajstić information content (AvgIpc) is 2.40. The van der Waals surface area contributed by atoms with Crippen LogP contribution < -0.4 is 10.1 Å². The molecule has 0 aliphatic heterocycles. The van der Waals surface area contributed by atoms with Crippen LogP contribution >= 0.6 is 31.9 Å². The maximum atomic E-state index is 13.3. The topological polar surface area (TPSA) is 21.3 Å². The van der Waals surface area contributed by atoms with Gasteiger partial charge in [0, 0.05) is 15.5 Å². The van der Waals surface area contributed by atoms with E-state index in [1.54, 1.807) is 13.2 Å². The van der Waals surface area contributed by atoms with E-state index in [2.05, 4.69) is 37.2 Å². The molecule has 0 spiro atoms. The molecule has 0 unspecified atom stereocenters. The number of halogens is 3. The lowest BCUT2D eigenvalue weighted by Crippen LogP contribution is -2.04. The minimum absolute atomic E-state index is 0.246. The van der Waals surface area contributed by atoms with Crippen LogP contribution in [0.15, 0.2) is 39.3 Å². The number of rotatable bonds is 4. The predicted octanol–water partition coefficient (Wildman–Crippen LogP) is 5.28. The van der Waals surface area contributed by atoms with E-state index in [9.17, 15) is 4.39 Å². The fourth-order valence-corrected chi connectivity index (χ4v) is 2.90. The summed E-state index contributed by atoms with van der Waals surface area (Å²) in [4.78, 5) is 0. The Morgan fingerprint density at radius 1 is 1.20 bits per heavy atom. The van der Waals surface area contributed by atoms with Gasteiger partial charge in [0.25, 0.3) is 0 Å². The van der Waals surface area contributed by atoms with E-state index in [4.69, 9.17) is 4.74 Å². The fourth-order valence-electron chi connectivity index (χ4n) is 1.96. The van der Waals surface area contributed by atoms with Crippen molar-refractivity contribution in [1.82, 2.24) is 0 Å². The molecule has 5 heteroatoms. The minimum Gasteiger partial charge on any atom is -0.495 e. The number of benzene rings is 2. The van der Waals surface area contributed by atoms with E-state index >= 15 is 0 Å². The SMILES string of the molecule is COc1cc(Br)cc(C)c1NCc1cc(F)ccc1Br. The van der Waals surface area contributed by atoms with Crippen LogP contribution in [0.25, 0.3) is 0 Å². The largest absolute Gasteiger partial charge is 0.495 e. The Hall–Kier alpha value is -1.07. The van der Waals surface area contributed by atoms with E-state index in [1.807, 2.05) is 19.1 Å². The molecule has 0 saturated heterocycles. The monoisotopic (exact) mass is 401 g/mol. The van der Waals surface area contributed by atoms with Gasteiger partial charge < -0.3 is 10.1 Å². The van der Waals surface area contributed by atoms with Gasteiger partial charge in [0.05, 0.1) is 12.8 Å². The van der Waals surface area contributed by atoms with Gasteiger partial charge in [-0.05, 0) is 48.4 Å². The Morgan fingerprint density at radius 2 is 1.95 bits per heavy atom. The van der Waals surface area contributed by atoms with Crippen LogP contribution in [0.5, 0.6) is 5.75 Å². The molecule has 0 radical (unpaired) electrons. The predicted molar refractivity (Wildman–Crippen MR) is 86.9 cm³/mol. The second kappa shape index (κ2) is 6.59. The molecule has 1 N–H and O–H groups in total. The Kier molecular flexibility index (Phi) is 5.05. The molecule has 0 bridgehead atoms. The zero-order chi connectivity index (χ0) is 14.7. The zero-order valence-electron chi connectivity index (χ0n) is 11.1. The number of anilines is 1. The number of methoxy groups -OCH3 is 1. The maximum absolute atomic E-state index is 13.3. The summed E-state index contributed by atoms with van der Waals surface area (Å²) < 4.78 is 20.5. The molecular weight excluding hydrogens is 389 g/mol. The number of hydrogen-bond donors (Lipinski definition) is 1. The highest BCUT2D eigenvalue weighted by molar-refractivity contribution is 9.10. The van der Waals surface area contributed by atoms with Crippen LogP contribution in [0, 0.1) is 12.7 Å². The van der Waals surface area contributed by atoms with Crippen molar-refractivity contribution in [2.45, 2.75) is 13.5 Å². The van der Waals surface area contributed by atoms with Gasteiger partial charge in [-0.15, -0.1) is 0 Å². The fraction of sp³-hybridized carbons (Fsp3) is 0.200. The van der Waals surface area contributed by atoms with Crippen molar-refractivity contribution in [2.24, 2.45) is 0 Å². The molecule has 0 heterocycles. The van der Waals surface area contributed by atoms with E-state index in [-0.39, 0.29) is 5.82 Å². The number of aryl methyl sites for hydroxylation is 1. The summed E-state index contributed by atoms with van der Waals surface area (Å²) >= 11 is 6.86. The van der Waals surface area contributed by atoms with Gasteiger partial charge in [-0.2, -0.15) is 0 Å². The summed E-state index contributed by atoms with van der Waals surface area (Å²) in [5.74, 6) is 0.508. The Morgan fingerprint density at radius 3 is 2.65 bits per heavy atom. The van der Waals surface area contributed by atoms with Gasteiger partial charge >= 0.3 is 0 Å². The van der Waals surface area contributed by atoms with Gasteiger partial charge in [-0.1, -0.05) is 31.9 Å². The summed E-state index contributed by atoms with van der Waals surface area (Å²) in [6.45, 7) is 2.51. The lowest BCUT2D eigenvalue weighted by Gasteiger charge is -2.15. The number of nitrogens with one attached hydrogen (secondary N) is 1. The van der Waals surface area contributed by atoms with E-state index in [0.717, 1.165) is 31.5 Å². The average molecular weight is 403 g/mol. The van der Waals surface area contributed by atoms with Crippen molar-refractivity contribution in [3.05, 3.63) is 56.2 Å². The van der Waals surface area contributed by atoms with Crippen LogP contribution in [-0.2, 0) is 6.54 Å². The summed E-state index contributed by atoms with van der Waals surface area (Å²) in [6, 6.07) is 8.55. The van der Waals surface area contributed by atoms with Gasteiger partial charge in [0.2, 0.25) is 0 Å². The lowest BCUT2D eigenvalue weighted by atomic mass is 10.1. The summed E-state index contributed by atoms with van der Waals surface area (Å²) in [7, 11) is 1.63. The molecule has 0 atom stereocenters. The number of hydrogen-bond acceptors (Lipinski definition) is 2. The van der Waals surface area contributed by atoms with Crippen LogP contribution in [0.1, 0.15) is 11.1 Å². The molecule has 0 aliphatic carbocycles.